The third-order valence-electron chi connectivity index (χ3n) is 7.03. The Morgan fingerprint density at radius 3 is 1.56 bits per heavy atom. The van der Waals surface area contributed by atoms with Gasteiger partial charge in [-0.2, -0.15) is 0 Å². The van der Waals surface area contributed by atoms with E-state index in [4.69, 9.17) is 19.3 Å². The molecule has 0 spiro atoms. The molecular formula is C32H61O8P. The van der Waals surface area contributed by atoms with Gasteiger partial charge in [0, 0.05) is 12.8 Å². The third-order valence-corrected chi connectivity index (χ3v) is 7.52. The summed E-state index contributed by atoms with van der Waals surface area (Å²) in [6, 6.07) is 0. The molecule has 0 rings (SSSR count). The number of allylic oxidation sites excluding steroid dienone is 2. The van der Waals surface area contributed by atoms with Crippen molar-refractivity contribution in [3.05, 3.63) is 12.2 Å². The number of unbranched alkanes of at least 4 members (excludes halogenated alkanes) is 18. The first kappa shape index (κ1) is 39.8. The summed E-state index contributed by atoms with van der Waals surface area (Å²) in [5.41, 5.74) is 0. The van der Waals surface area contributed by atoms with E-state index in [9.17, 15) is 14.2 Å². The molecule has 41 heavy (non-hydrogen) atoms. The molecule has 8 nitrogen and oxygen atoms in total. The lowest BCUT2D eigenvalue weighted by molar-refractivity contribution is -0.161. The highest BCUT2D eigenvalue weighted by Gasteiger charge is 2.22. The summed E-state index contributed by atoms with van der Waals surface area (Å²) in [6.45, 7) is 3.61. The van der Waals surface area contributed by atoms with Crippen LogP contribution in [0.3, 0.4) is 0 Å². The van der Waals surface area contributed by atoms with E-state index < -0.39 is 32.5 Å². The number of carbonyl (C=O) groups excluding carboxylic acids is 2. The summed E-state index contributed by atoms with van der Waals surface area (Å²) in [6.07, 6.45) is 27.9. The summed E-state index contributed by atoms with van der Waals surface area (Å²) in [5.74, 6) is -0.894. The number of esters is 2. The van der Waals surface area contributed by atoms with E-state index in [0.717, 1.165) is 57.8 Å². The van der Waals surface area contributed by atoms with Gasteiger partial charge in [0.1, 0.15) is 6.61 Å². The topological polar surface area (TPSA) is 119 Å². The smallest absolute Gasteiger partial charge is 0.462 e. The van der Waals surface area contributed by atoms with Crippen LogP contribution in [0.1, 0.15) is 162 Å². The lowest BCUT2D eigenvalue weighted by Gasteiger charge is -2.18. The third kappa shape index (κ3) is 31.6. The zero-order valence-corrected chi connectivity index (χ0v) is 27.1. The lowest BCUT2D eigenvalue weighted by Crippen LogP contribution is -2.29. The van der Waals surface area contributed by atoms with Gasteiger partial charge in [0.25, 0.3) is 0 Å². The van der Waals surface area contributed by atoms with Gasteiger partial charge in [0.2, 0.25) is 0 Å². The molecule has 0 unspecified atom stereocenters. The van der Waals surface area contributed by atoms with Gasteiger partial charge in [-0.3, -0.25) is 14.1 Å². The average molecular weight is 605 g/mol. The molecule has 1 atom stereocenters. The Kier molecular flexibility index (Phi) is 28.0. The van der Waals surface area contributed by atoms with E-state index in [1.165, 1.54) is 70.6 Å². The first-order valence-corrected chi connectivity index (χ1v) is 18.0. The fraction of sp³-hybridized carbons (Fsp3) is 0.875. The second kappa shape index (κ2) is 28.9. The molecule has 0 heterocycles. The molecule has 0 aliphatic rings. The Balaban J connectivity index is 4.02. The quantitative estimate of drug-likeness (QED) is 0.0360. The van der Waals surface area contributed by atoms with E-state index in [1.807, 2.05) is 0 Å². The van der Waals surface area contributed by atoms with Gasteiger partial charge in [-0.25, -0.2) is 4.57 Å². The maximum absolute atomic E-state index is 12.3. The molecule has 0 aromatic carbocycles. The fourth-order valence-corrected chi connectivity index (χ4v) is 4.89. The van der Waals surface area contributed by atoms with E-state index in [0.29, 0.717) is 6.42 Å². The molecule has 0 aromatic heterocycles. The van der Waals surface area contributed by atoms with E-state index in [1.54, 1.807) is 0 Å². The van der Waals surface area contributed by atoms with Crippen LogP contribution in [0.25, 0.3) is 0 Å². The lowest BCUT2D eigenvalue weighted by atomic mass is 10.0. The van der Waals surface area contributed by atoms with Crippen LogP contribution in [0.5, 0.6) is 0 Å². The number of hydrogen-bond donors (Lipinski definition) is 2. The monoisotopic (exact) mass is 604 g/mol. The highest BCUT2D eigenvalue weighted by atomic mass is 31.2. The Hall–Kier alpha value is -1.21. The normalized spacial score (nSPS) is 12.6. The molecule has 0 radical (unpaired) electrons. The molecule has 0 saturated heterocycles. The van der Waals surface area contributed by atoms with E-state index in [2.05, 4.69) is 30.5 Å². The molecule has 9 heteroatoms. The van der Waals surface area contributed by atoms with Crippen LogP contribution in [0.2, 0.25) is 0 Å². The number of hydrogen-bond acceptors (Lipinski definition) is 6. The predicted octanol–water partition coefficient (Wildman–Crippen LogP) is 9.12. The number of ether oxygens (including phenoxy) is 2. The molecule has 0 aromatic rings. The summed E-state index contributed by atoms with van der Waals surface area (Å²) in [7, 11) is -4.74. The van der Waals surface area contributed by atoms with Gasteiger partial charge in [0.15, 0.2) is 6.10 Å². The van der Waals surface area contributed by atoms with Crippen LogP contribution < -0.4 is 0 Å². The van der Waals surface area contributed by atoms with E-state index >= 15 is 0 Å². The number of carbonyl (C=O) groups is 2. The molecule has 0 bridgehead atoms. The zero-order chi connectivity index (χ0) is 30.4. The summed E-state index contributed by atoms with van der Waals surface area (Å²) >= 11 is 0. The minimum Gasteiger partial charge on any atom is -0.462 e. The van der Waals surface area contributed by atoms with Crippen molar-refractivity contribution in [1.82, 2.24) is 0 Å². The zero-order valence-electron chi connectivity index (χ0n) is 26.2. The molecule has 0 amide bonds. The molecular weight excluding hydrogens is 543 g/mol. The van der Waals surface area contributed by atoms with Crippen molar-refractivity contribution in [2.45, 2.75) is 168 Å². The van der Waals surface area contributed by atoms with Crippen LogP contribution >= 0.6 is 7.82 Å². The number of phosphoric ester groups is 1. The Labute approximate surface area is 250 Å². The van der Waals surface area contributed by atoms with Crippen LogP contribution in [0, 0.1) is 0 Å². The SMILES string of the molecule is CCCC/C=C\CCCCCCCC(=O)O[C@H](COC(=O)CCCCCCCCCCCCCC)COP(=O)(O)O. The Bertz CT molecular complexity index is 691. The largest absolute Gasteiger partial charge is 0.469 e. The standard InChI is InChI=1S/C32H61O8P/c1-3-5-7-9-11-13-15-17-18-20-22-24-26-31(33)38-28-30(29-39-41(35,36)37)40-32(34)27-25-23-21-19-16-14-12-10-8-6-4-2/h10,12,30H,3-9,11,13-29H2,1-2H3,(H2,35,36,37)/b12-10-/t30-/m1/s1. The van der Waals surface area contributed by atoms with E-state index in [-0.39, 0.29) is 19.4 Å². The van der Waals surface area contributed by atoms with Gasteiger partial charge < -0.3 is 19.3 Å². The van der Waals surface area contributed by atoms with Gasteiger partial charge >= 0.3 is 19.8 Å². The summed E-state index contributed by atoms with van der Waals surface area (Å²) < 4.78 is 26.1. The van der Waals surface area contributed by atoms with Gasteiger partial charge in [-0.15, -0.1) is 0 Å². The molecule has 0 aliphatic heterocycles. The van der Waals surface area contributed by atoms with Crippen LogP contribution in [-0.2, 0) is 28.2 Å². The second-order valence-electron chi connectivity index (χ2n) is 11.1. The highest BCUT2D eigenvalue weighted by molar-refractivity contribution is 7.46. The van der Waals surface area contributed by atoms with Crippen molar-refractivity contribution in [3.63, 3.8) is 0 Å². The first-order chi connectivity index (χ1) is 19.8. The van der Waals surface area contributed by atoms with Crippen molar-refractivity contribution in [3.8, 4) is 0 Å². The second-order valence-corrected chi connectivity index (χ2v) is 12.4. The highest BCUT2D eigenvalue weighted by Crippen LogP contribution is 2.35. The maximum Gasteiger partial charge on any atom is 0.469 e. The van der Waals surface area contributed by atoms with Gasteiger partial charge in [-0.05, 0) is 32.1 Å². The molecule has 2 N–H and O–H groups in total. The molecule has 0 aliphatic carbocycles. The first-order valence-electron chi connectivity index (χ1n) is 16.5. The molecule has 0 fully saturated rings. The Morgan fingerprint density at radius 2 is 1.05 bits per heavy atom. The van der Waals surface area contributed by atoms with Crippen molar-refractivity contribution in [2.24, 2.45) is 0 Å². The van der Waals surface area contributed by atoms with Gasteiger partial charge in [-0.1, -0.05) is 129 Å². The summed E-state index contributed by atoms with van der Waals surface area (Å²) in [4.78, 5) is 42.4. The van der Waals surface area contributed by atoms with Gasteiger partial charge in [0.05, 0.1) is 6.61 Å². The van der Waals surface area contributed by atoms with Crippen molar-refractivity contribution < 1.29 is 37.9 Å². The maximum atomic E-state index is 12.3. The van der Waals surface area contributed by atoms with Crippen molar-refractivity contribution in [2.75, 3.05) is 13.2 Å². The number of rotatable bonds is 30. The minimum atomic E-state index is -4.74. The average Bonchev–Trinajstić information content (AvgIpc) is 2.93. The van der Waals surface area contributed by atoms with Crippen molar-refractivity contribution in [1.29, 1.82) is 0 Å². The summed E-state index contributed by atoms with van der Waals surface area (Å²) in [5, 5.41) is 0. The van der Waals surface area contributed by atoms with Crippen LogP contribution in [-0.4, -0.2) is 41.0 Å². The van der Waals surface area contributed by atoms with Crippen LogP contribution in [0.15, 0.2) is 12.2 Å². The molecule has 0 saturated carbocycles. The predicted molar refractivity (Wildman–Crippen MR) is 166 cm³/mol. The Morgan fingerprint density at radius 1 is 0.610 bits per heavy atom. The molecule has 242 valence electrons. The minimum absolute atomic E-state index is 0.204. The van der Waals surface area contributed by atoms with Crippen LogP contribution in [0.4, 0.5) is 0 Å². The fourth-order valence-electron chi connectivity index (χ4n) is 4.53. The van der Waals surface area contributed by atoms with Crippen molar-refractivity contribution >= 4 is 19.8 Å². The number of phosphoric acid groups is 1.